The molecular weight excluding hydrogens is 326 g/mol. The van der Waals surface area contributed by atoms with Gasteiger partial charge in [-0.15, -0.1) is 0 Å². The zero-order valence-corrected chi connectivity index (χ0v) is 14.7. The van der Waals surface area contributed by atoms with Crippen molar-refractivity contribution in [2.45, 2.75) is 33.2 Å². The first kappa shape index (κ1) is 17.7. The summed E-state index contributed by atoms with van der Waals surface area (Å²) in [4.78, 5) is 12.7. The average Bonchev–Trinajstić information content (AvgIpc) is 2.90. The largest absolute Gasteiger partial charge is 0.284 e. The first-order valence-electron chi connectivity index (χ1n) is 7.33. The number of carbonyl (C=O) groups is 1. The minimum Gasteiger partial charge on any atom is -0.284 e. The summed E-state index contributed by atoms with van der Waals surface area (Å²) in [5.74, 6) is -0.484. The number of hydrogen-bond acceptors (Lipinski definition) is 5. The van der Waals surface area contributed by atoms with Crippen molar-refractivity contribution in [2.75, 3.05) is 5.43 Å². The number of halogens is 1. The monoisotopic (exact) mass is 343 g/mol. The Kier molecular flexibility index (Phi) is 5.05. The summed E-state index contributed by atoms with van der Waals surface area (Å²) in [7, 11) is 0. The Morgan fingerprint density at radius 3 is 2.67 bits per heavy atom. The minimum absolute atomic E-state index is 0.250. The Morgan fingerprint density at radius 1 is 1.38 bits per heavy atom. The summed E-state index contributed by atoms with van der Waals surface area (Å²) in [6.07, 6.45) is 0. The predicted molar refractivity (Wildman–Crippen MR) is 94.4 cm³/mol. The number of hydrogen-bond donors (Lipinski definition) is 1. The number of rotatable bonds is 4. The number of ketones is 1. The minimum atomic E-state index is -0.484. The highest BCUT2D eigenvalue weighted by atomic mass is 35.5. The fourth-order valence-electron chi connectivity index (χ4n) is 2.10. The molecule has 1 aromatic carbocycles. The Balaban J connectivity index is 2.33. The van der Waals surface area contributed by atoms with Crippen molar-refractivity contribution in [3.63, 3.8) is 0 Å². The molecule has 0 bridgehead atoms. The molecule has 6 nitrogen and oxygen atoms in total. The number of carbonyl (C=O) groups excluding carboxylic acids is 1. The van der Waals surface area contributed by atoms with Crippen LogP contribution in [0, 0.1) is 18.3 Å². The van der Waals surface area contributed by atoms with Crippen molar-refractivity contribution >= 4 is 28.8 Å². The number of anilines is 1. The van der Waals surface area contributed by atoms with Gasteiger partial charge in [-0.2, -0.15) is 15.5 Å². The fourth-order valence-corrected chi connectivity index (χ4v) is 2.29. The van der Waals surface area contributed by atoms with E-state index in [1.54, 1.807) is 41.9 Å². The molecule has 0 atom stereocenters. The van der Waals surface area contributed by atoms with E-state index in [1.807, 2.05) is 26.8 Å². The quantitative estimate of drug-likeness (QED) is 0.520. The Bertz CT molecular complexity index is 839. The van der Waals surface area contributed by atoms with Crippen LogP contribution in [0.15, 0.2) is 35.4 Å². The van der Waals surface area contributed by atoms with Crippen molar-refractivity contribution in [1.29, 1.82) is 5.26 Å². The summed E-state index contributed by atoms with van der Waals surface area (Å²) in [5.41, 5.74) is 3.66. The van der Waals surface area contributed by atoms with Crippen LogP contribution in [-0.4, -0.2) is 21.3 Å². The molecule has 0 spiro atoms. The molecule has 0 amide bonds. The van der Waals surface area contributed by atoms with Gasteiger partial charge >= 0.3 is 0 Å². The van der Waals surface area contributed by atoms with Crippen molar-refractivity contribution < 1.29 is 4.79 Å². The second-order valence-electron chi connectivity index (χ2n) is 6.28. The number of aryl methyl sites for hydroxylation is 1. The highest BCUT2D eigenvalue weighted by molar-refractivity contribution is 6.51. The molecule has 1 aromatic heterocycles. The third kappa shape index (κ3) is 4.00. The number of Topliss-reactive ketones (excluding diaryl/α,β-unsaturated/α-hetero) is 1. The normalized spacial score (nSPS) is 11.9. The van der Waals surface area contributed by atoms with Gasteiger partial charge in [-0.1, -0.05) is 17.7 Å². The molecule has 0 aliphatic heterocycles. The summed E-state index contributed by atoms with van der Waals surface area (Å²) in [6.45, 7) is 7.60. The molecule has 7 heteroatoms. The zero-order chi connectivity index (χ0) is 17.9. The van der Waals surface area contributed by atoms with E-state index in [-0.39, 0.29) is 11.3 Å². The second-order valence-corrected chi connectivity index (χ2v) is 6.71. The van der Waals surface area contributed by atoms with Crippen LogP contribution < -0.4 is 5.43 Å². The third-order valence-corrected chi connectivity index (χ3v) is 3.38. The number of benzene rings is 1. The maximum atomic E-state index is 12.7. The molecule has 0 radical (unpaired) electrons. The van der Waals surface area contributed by atoms with E-state index >= 15 is 0 Å². The van der Waals surface area contributed by atoms with Crippen LogP contribution in [0.5, 0.6) is 0 Å². The van der Waals surface area contributed by atoms with E-state index in [4.69, 9.17) is 11.6 Å². The molecule has 1 heterocycles. The smallest absolute Gasteiger partial charge is 0.241 e. The number of nitriles is 1. The third-order valence-electron chi connectivity index (χ3n) is 3.14. The van der Waals surface area contributed by atoms with Gasteiger partial charge in [0.05, 0.1) is 16.9 Å². The van der Waals surface area contributed by atoms with Gasteiger partial charge in [-0.05, 0) is 52.0 Å². The molecule has 124 valence electrons. The van der Waals surface area contributed by atoms with Gasteiger partial charge < -0.3 is 0 Å². The standard InChI is InChI=1S/C17H18ClN5O/c1-11-8-15(23(22-11)17(2,3)4)16(24)14(10-19)21-20-13-7-5-6-12(18)9-13/h5-9,20H,1-4H3/b21-14-. The Morgan fingerprint density at radius 2 is 2.08 bits per heavy atom. The lowest BCUT2D eigenvalue weighted by Crippen LogP contribution is -2.29. The number of nitrogens with one attached hydrogen (secondary N) is 1. The van der Waals surface area contributed by atoms with Gasteiger partial charge in [-0.25, -0.2) is 0 Å². The van der Waals surface area contributed by atoms with Crippen LogP contribution in [-0.2, 0) is 5.54 Å². The van der Waals surface area contributed by atoms with Crippen LogP contribution in [0.3, 0.4) is 0 Å². The van der Waals surface area contributed by atoms with Crippen LogP contribution in [0.2, 0.25) is 5.02 Å². The van der Waals surface area contributed by atoms with Gasteiger partial charge in [0.15, 0.2) is 0 Å². The van der Waals surface area contributed by atoms with E-state index in [2.05, 4.69) is 15.6 Å². The molecule has 24 heavy (non-hydrogen) atoms. The van der Waals surface area contributed by atoms with Crippen LogP contribution in [0.1, 0.15) is 37.0 Å². The molecule has 0 saturated carbocycles. The van der Waals surface area contributed by atoms with Crippen molar-refractivity contribution in [3.05, 3.63) is 46.7 Å². The van der Waals surface area contributed by atoms with Crippen molar-refractivity contribution in [1.82, 2.24) is 9.78 Å². The molecular formula is C17H18ClN5O. The van der Waals surface area contributed by atoms with Gasteiger partial charge in [-0.3, -0.25) is 14.9 Å². The SMILES string of the molecule is Cc1cc(C(=O)/C(C#N)=N\Nc2cccc(Cl)c2)n(C(C)(C)C)n1. The molecule has 0 saturated heterocycles. The lowest BCUT2D eigenvalue weighted by molar-refractivity contribution is 0.105. The summed E-state index contributed by atoms with van der Waals surface area (Å²) in [5, 5.41) is 18.1. The number of nitrogens with zero attached hydrogens (tertiary/aromatic N) is 4. The summed E-state index contributed by atoms with van der Waals surface area (Å²) >= 11 is 5.89. The van der Waals surface area contributed by atoms with Gasteiger partial charge in [0.25, 0.3) is 0 Å². The lowest BCUT2D eigenvalue weighted by Gasteiger charge is -2.21. The van der Waals surface area contributed by atoms with Crippen molar-refractivity contribution in [3.8, 4) is 6.07 Å². The highest BCUT2D eigenvalue weighted by Gasteiger charge is 2.25. The Hall–Kier alpha value is -2.65. The van der Waals surface area contributed by atoms with Crippen LogP contribution >= 0.6 is 11.6 Å². The summed E-state index contributed by atoms with van der Waals surface area (Å²) in [6, 6.07) is 10.3. The second kappa shape index (κ2) is 6.85. The number of hydrazone groups is 1. The van der Waals surface area contributed by atoms with E-state index in [9.17, 15) is 10.1 Å². The zero-order valence-electron chi connectivity index (χ0n) is 14.0. The molecule has 2 rings (SSSR count). The predicted octanol–water partition coefficient (Wildman–Crippen LogP) is 3.77. The first-order valence-corrected chi connectivity index (χ1v) is 7.71. The molecule has 1 N–H and O–H groups in total. The number of aromatic nitrogens is 2. The maximum absolute atomic E-state index is 12.7. The molecule has 0 aliphatic carbocycles. The van der Waals surface area contributed by atoms with Gasteiger partial charge in [0, 0.05) is 5.02 Å². The van der Waals surface area contributed by atoms with E-state index < -0.39 is 5.78 Å². The highest BCUT2D eigenvalue weighted by Crippen LogP contribution is 2.19. The van der Waals surface area contributed by atoms with E-state index in [0.717, 1.165) is 0 Å². The molecule has 2 aromatic rings. The van der Waals surface area contributed by atoms with Crippen molar-refractivity contribution in [2.24, 2.45) is 5.10 Å². The van der Waals surface area contributed by atoms with E-state index in [0.29, 0.717) is 22.1 Å². The van der Waals surface area contributed by atoms with E-state index in [1.165, 1.54) is 0 Å². The molecule has 0 aliphatic rings. The van der Waals surface area contributed by atoms with Crippen LogP contribution in [0.25, 0.3) is 0 Å². The molecule has 0 unspecified atom stereocenters. The Labute approximate surface area is 145 Å². The van der Waals surface area contributed by atoms with Crippen LogP contribution in [0.4, 0.5) is 5.69 Å². The summed E-state index contributed by atoms with van der Waals surface area (Å²) < 4.78 is 1.61. The lowest BCUT2D eigenvalue weighted by atomic mass is 10.1. The van der Waals surface area contributed by atoms with Gasteiger partial charge in [0.2, 0.25) is 11.5 Å². The average molecular weight is 344 g/mol. The maximum Gasteiger partial charge on any atom is 0.241 e. The molecule has 0 fully saturated rings. The first-order chi connectivity index (χ1) is 11.2. The van der Waals surface area contributed by atoms with Gasteiger partial charge in [0.1, 0.15) is 11.8 Å². The topological polar surface area (TPSA) is 83.1 Å². The fraction of sp³-hybridized carbons (Fsp3) is 0.294.